The van der Waals surface area contributed by atoms with Crippen LogP contribution in [0.15, 0.2) is 4.52 Å². The Morgan fingerprint density at radius 1 is 1.42 bits per heavy atom. The molecule has 0 bridgehead atoms. The highest BCUT2D eigenvalue weighted by molar-refractivity contribution is 5.80. The van der Waals surface area contributed by atoms with Crippen molar-refractivity contribution in [3.8, 4) is 0 Å². The highest BCUT2D eigenvalue weighted by Crippen LogP contribution is 2.28. The number of hydrogen-bond acceptors (Lipinski definition) is 4. The Balaban J connectivity index is 2.01. The monoisotopic (exact) mass is 266 g/mol. The number of amides is 1. The Bertz CT molecular complexity index is 471. The van der Waals surface area contributed by atoms with Gasteiger partial charge in [-0.25, -0.2) is 0 Å². The summed E-state index contributed by atoms with van der Waals surface area (Å²) in [5.74, 6) is -0.270. The van der Waals surface area contributed by atoms with E-state index in [0.717, 1.165) is 24.1 Å². The topological polar surface area (TPSA) is 83.6 Å². The fourth-order valence-corrected chi connectivity index (χ4v) is 2.12. The number of carbonyl (C=O) groups excluding carboxylic acids is 1. The molecule has 1 fully saturated rings. The Labute approximate surface area is 111 Å². The van der Waals surface area contributed by atoms with Crippen molar-refractivity contribution in [1.29, 1.82) is 0 Å². The fraction of sp³-hybridized carbons (Fsp3) is 0.615. The quantitative estimate of drug-likeness (QED) is 0.839. The molecule has 0 aliphatic heterocycles. The minimum atomic E-state index is -0.879. The molecule has 0 atom stereocenters. The maximum absolute atomic E-state index is 12.3. The van der Waals surface area contributed by atoms with E-state index in [1.807, 2.05) is 0 Å². The van der Waals surface area contributed by atoms with Crippen molar-refractivity contribution in [3.63, 3.8) is 0 Å². The molecular weight excluding hydrogens is 248 g/mol. The number of carboxylic acids is 1. The molecule has 1 aromatic rings. The fourth-order valence-electron chi connectivity index (χ4n) is 2.12. The Hall–Kier alpha value is -1.85. The molecule has 19 heavy (non-hydrogen) atoms. The highest BCUT2D eigenvalue weighted by Gasteiger charge is 2.33. The SMILES string of the molecule is Cc1noc(C)c1CC(=O)N(CCC(=O)O)C1CC1. The van der Waals surface area contributed by atoms with Crippen LogP contribution in [0.3, 0.4) is 0 Å². The van der Waals surface area contributed by atoms with E-state index in [0.29, 0.717) is 5.76 Å². The van der Waals surface area contributed by atoms with E-state index in [2.05, 4.69) is 5.16 Å². The zero-order chi connectivity index (χ0) is 14.0. The number of aryl methyl sites for hydroxylation is 2. The lowest BCUT2D eigenvalue weighted by Gasteiger charge is -2.21. The lowest BCUT2D eigenvalue weighted by molar-refractivity contribution is -0.138. The number of rotatable bonds is 6. The zero-order valence-corrected chi connectivity index (χ0v) is 11.2. The summed E-state index contributed by atoms with van der Waals surface area (Å²) in [5.41, 5.74) is 1.53. The number of aliphatic carboxylic acids is 1. The van der Waals surface area contributed by atoms with Crippen LogP contribution >= 0.6 is 0 Å². The summed E-state index contributed by atoms with van der Waals surface area (Å²) in [4.78, 5) is 24.6. The molecule has 1 aliphatic carbocycles. The van der Waals surface area contributed by atoms with Crippen LogP contribution in [0.2, 0.25) is 0 Å². The molecule has 2 rings (SSSR count). The van der Waals surface area contributed by atoms with Gasteiger partial charge < -0.3 is 14.5 Å². The normalized spacial score (nSPS) is 14.4. The van der Waals surface area contributed by atoms with Crippen LogP contribution in [-0.2, 0) is 16.0 Å². The third kappa shape index (κ3) is 3.33. The number of carboxylic acid groups (broad SMARTS) is 1. The van der Waals surface area contributed by atoms with Crippen molar-refractivity contribution in [2.45, 2.75) is 45.6 Å². The molecule has 0 radical (unpaired) electrons. The summed E-state index contributed by atoms with van der Waals surface area (Å²) < 4.78 is 5.04. The maximum atomic E-state index is 12.3. The molecule has 0 spiro atoms. The van der Waals surface area contributed by atoms with E-state index in [4.69, 9.17) is 9.63 Å². The first kappa shape index (κ1) is 13.6. The Kier molecular flexibility index (Phi) is 3.87. The number of hydrogen-bond donors (Lipinski definition) is 1. The predicted molar refractivity (Wildman–Crippen MR) is 66.7 cm³/mol. The smallest absolute Gasteiger partial charge is 0.305 e. The van der Waals surface area contributed by atoms with Crippen LogP contribution in [-0.4, -0.2) is 39.6 Å². The summed E-state index contributed by atoms with van der Waals surface area (Å²) in [6, 6.07) is 0.215. The molecular formula is C13H18N2O4. The van der Waals surface area contributed by atoms with Crippen LogP contribution < -0.4 is 0 Å². The van der Waals surface area contributed by atoms with E-state index < -0.39 is 5.97 Å². The van der Waals surface area contributed by atoms with Gasteiger partial charge in [-0.1, -0.05) is 5.16 Å². The molecule has 1 saturated carbocycles. The van der Waals surface area contributed by atoms with Gasteiger partial charge >= 0.3 is 5.97 Å². The molecule has 6 heteroatoms. The van der Waals surface area contributed by atoms with E-state index in [9.17, 15) is 9.59 Å². The lowest BCUT2D eigenvalue weighted by Crippen LogP contribution is -2.36. The second kappa shape index (κ2) is 5.42. The molecule has 1 N–H and O–H groups in total. The van der Waals surface area contributed by atoms with Gasteiger partial charge in [0.2, 0.25) is 5.91 Å². The average molecular weight is 266 g/mol. The molecule has 0 unspecified atom stereocenters. The Morgan fingerprint density at radius 3 is 2.58 bits per heavy atom. The third-order valence-electron chi connectivity index (χ3n) is 3.38. The van der Waals surface area contributed by atoms with Gasteiger partial charge in [0.15, 0.2) is 0 Å². The summed E-state index contributed by atoms with van der Waals surface area (Å²) >= 11 is 0. The molecule has 0 saturated heterocycles. The van der Waals surface area contributed by atoms with E-state index >= 15 is 0 Å². The van der Waals surface area contributed by atoms with Crippen molar-refractivity contribution >= 4 is 11.9 Å². The van der Waals surface area contributed by atoms with E-state index in [1.54, 1.807) is 18.7 Å². The third-order valence-corrected chi connectivity index (χ3v) is 3.38. The second-order valence-corrected chi connectivity index (χ2v) is 4.94. The second-order valence-electron chi connectivity index (χ2n) is 4.94. The van der Waals surface area contributed by atoms with Crippen molar-refractivity contribution in [2.75, 3.05) is 6.54 Å². The van der Waals surface area contributed by atoms with Gasteiger partial charge in [0.05, 0.1) is 18.5 Å². The van der Waals surface area contributed by atoms with Crippen molar-refractivity contribution in [1.82, 2.24) is 10.1 Å². The first-order chi connectivity index (χ1) is 8.99. The summed E-state index contributed by atoms with van der Waals surface area (Å²) in [6.45, 7) is 3.86. The van der Waals surface area contributed by atoms with Crippen molar-refractivity contribution in [2.24, 2.45) is 0 Å². The molecule has 0 aromatic carbocycles. The number of nitrogens with zero attached hydrogens (tertiary/aromatic N) is 2. The van der Waals surface area contributed by atoms with Crippen LogP contribution in [0.5, 0.6) is 0 Å². The summed E-state index contributed by atoms with van der Waals surface area (Å²) in [5, 5.41) is 12.6. The lowest BCUT2D eigenvalue weighted by atomic mass is 10.1. The van der Waals surface area contributed by atoms with Gasteiger partial charge in [0.25, 0.3) is 0 Å². The van der Waals surface area contributed by atoms with Gasteiger partial charge in [0.1, 0.15) is 5.76 Å². The maximum Gasteiger partial charge on any atom is 0.305 e. The molecule has 1 heterocycles. The van der Waals surface area contributed by atoms with Crippen LogP contribution in [0.25, 0.3) is 0 Å². The minimum Gasteiger partial charge on any atom is -0.481 e. The average Bonchev–Trinajstić information content (AvgIpc) is 3.12. The standard InChI is InChI=1S/C13H18N2O4/c1-8-11(9(2)19-14-8)7-12(16)15(10-3-4-10)6-5-13(17)18/h10H,3-7H2,1-2H3,(H,17,18). The van der Waals surface area contributed by atoms with Gasteiger partial charge in [0, 0.05) is 18.2 Å². The summed E-state index contributed by atoms with van der Waals surface area (Å²) in [6.07, 6.45) is 2.15. The zero-order valence-electron chi connectivity index (χ0n) is 11.2. The minimum absolute atomic E-state index is 0.0101. The van der Waals surface area contributed by atoms with Crippen LogP contribution in [0.4, 0.5) is 0 Å². The Morgan fingerprint density at radius 2 is 2.11 bits per heavy atom. The van der Waals surface area contributed by atoms with Gasteiger partial charge in [-0.15, -0.1) is 0 Å². The first-order valence-electron chi connectivity index (χ1n) is 6.42. The predicted octanol–water partition coefficient (Wildman–Crippen LogP) is 1.30. The molecule has 104 valence electrons. The van der Waals surface area contributed by atoms with Gasteiger partial charge in [-0.05, 0) is 26.7 Å². The molecule has 6 nitrogen and oxygen atoms in total. The van der Waals surface area contributed by atoms with Crippen molar-refractivity contribution < 1.29 is 19.2 Å². The van der Waals surface area contributed by atoms with Crippen molar-refractivity contribution in [3.05, 3.63) is 17.0 Å². The number of aromatic nitrogens is 1. The summed E-state index contributed by atoms with van der Waals surface area (Å²) in [7, 11) is 0. The van der Waals surface area contributed by atoms with E-state index in [1.165, 1.54) is 0 Å². The van der Waals surface area contributed by atoms with Gasteiger partial charge in [-0.3, -0.25) is 9.59 Å². The van der Waals surface area contributed by atoms with E-state index in [-0.39, 0.29) is 31.3 Å². The van der Waals surface area contributed by atoms with Crippen LogP contribution in [0.1, 0.15) is 36.3 Å². The molecule has 1 aliphatic rings. The van der Waals surface area contributed by atoms with Crippen LogP contribution in [0, 0.1) is 13.8 Å². The number of carbonyl (C=O) groups is 2. The largest absolute Gasteiger partial charge is 0.481 e. The first-order valence-corrected chi connectivity index (χ1v) is 6.42. The molecule has 1 aromatic heterocycles. The molecule has 1 amide bonds. The van der Waals surface area contributed by atoms with Gasteiger partial charge in [-0.2, -0.15) is 0 Å². The highest BCUT2D eigenvalue weighted by atomic mass is 16.5.